The second-order valence-electron chi connectivity index (χ2n) is 7.56. The maximum Gasteiger partial charge on any atom is 0.348 e. The van der Waals surface area contributed by atoms with Crippen molar-refractivity contribution in [1.82, 2.24) is 9.97 Å². The van der Waals surface area contributed by atoms with Gasteiger partial charge >= 0.3 is 5.63 Å². The first-order valence-electron chi connectivity index (χ1n) is 9.94. The van der Waals surface area contributed by atoms with E-state index >= 15 is 0 Å². The van der Waals surface area contributed by atoms with Crippen molar-refractivity contribution in [3.63, 3.8) is 0 Å². The molecule has 0 aliphatic carbocycles. The molecule has 3 aromatic carbocycles. The molecule has 3 heterocycles. The van der Waals surface area contributed by atoms with Crippen LogP contribution in [0.25, 0.3) is 54.5 Å². The minimum Gasteiger partial charge on any atom is -0.506 e. The molecular weight excluding hydrogens is 488 g/mol. The molecule has 156 valence electrons. The Morgan fingerprint density at radius 1 is 1.03 bits per heavy atom. The third-order valence-corrected chi connectivity index (χ3v) is 7.06. The van der Waals surface area contributed by atoms with Crippen molar-refractivity contribution >= 4 is 59.4 Å². The zero-order valence-electron chi connectivity index (χ0n) is 16.8. The highest BCUT2D eigenvalue weighted by Crippen LogP contribution is 2.45. The number of halogens is 1. The summed E-state index contributed by atoms with van der Waals surface area (Å²) in [4.78, 5) is 21.4. The Balaban J connectivity index is 1.82. The zero-order valence-corrected chi connectivity index (χ0v) is 19.2. The summed E-state index contributed by atoms with van der Waals surface area (Å²) < 4.78 is 7.58. The predicted octanol–water partition coefficient (Wildman–Crippen LogP) is 6.99. The Labute approximate surface area is 194 Å². The number of nitrogens with zero attached hydrogens (tertiary/aromatic N) is 1. The second kappa shape index (κ2) is 7.05. The number of H-pyrrole nitrogens is 1. The van der Waals surface area contributed by atoms with Gasteiger partial charge in [-0.05, 0) is 48.9 Å². The molecule has 0 fully saturated rings. The van der Waals surface area contributed by atoms with E-state index in [1.54, 1.807) is 35.6 Å². The van der Waals surface area contributed by atoms with Crippen molar-refractivity contribution in [2.45, 2.75) is 6.92 Å². The molecule has 0 saturated carbocycles. The van der Waals surface area contributed by atoms with Gasteiger partial charge in [0.15, 0.2) is 0 Å². The molecule has 0 unspecified atom stereocenters. The van der Waals surface area contributed by atoms with Crippen LogP contribution in [0, 0.1) is 6.92 Å². The lowest BCUT2D eigenvalue weighted by Gasteiger charge is -2.09. The van der Waals surface area contributed by atoms with Crippen molar-refractivity contribution in [3.8, 4) is 28.1 Å². The number of aryl methyl sites for hydroxylation is 1. The molecule has 32 heavy (non-hydrogen) atoms. The number of nitrogens with one attached hydrogen (secondary N) is 1. The Kier molecular flexibility index (Phi) is 4.25. The van der Waals surface area contributed by atoms with Crippen LogP contribution >= 0.6 is 27.3 Å². The fraction of sp³-hybridized carbons (Fsp3) is 0.0400. The molecule has 0 amide bonds. The number of hydrogen-bond acceptors (Lipinski definition) is 5. The van der Waals surface area contributed by atoms with E-state index in [9.17, 15) is 9.90 Å². The van der Waals surface area contributed by atoms with E-state index in [0.717, 1.165) is 41.9 Å². The Morgan fingerprint density at radius 3 is 2.62 bits per heavy atom. The number of aromatic amines is 1. The minimum atomic E-state index is -0.593. The third-order valence-electron chi connectivity index (χ3n) is 5.60. The number of benzene rings is 3. The number of aromatic hydroxyl groups is 1. The van der Waals surface area contributed by atoms with E-state index in [1.165, 1.54) is 0 Å². The number of rotatable bonds is 2. The standard InChI is InChI=1S/C25H15BrN2O3S/c1-12-27-23-18(32-12)11-10-16-19(23)20(22(28-16)13-6-8-14(26)9-7-13)21-24(29)15-4-2-3-5-17(15)31-25(21)30/h2-11,28-29H,1H3. The van der Waals surface area contributed by atoms with E-state index in [4.69, 9.17) is 9.40 Å². The molecular formula is C25H15BrN2O3S. The maximum atomic E-state index is 13.2. The van der Waals surface area contributed by atoms with Gasteiger partial charge in [-0.2, -0.15) is 0 Å². The molecule has 0 bridgehead atoms. The van der Waals surface area contributed by atoms with Gasteiger partial charge in [0.2, 0.25) is 0 Å². The highest BCUT2D eigenvalue weighted by Gasteiger charge is 2.25. The van der Waals surface area contributed by atoms with E-state index in [1.807, 2.05) is 43.3 Å². The van der Waals surface area contributed by atoms with Gasteiger partial charge in [0.1, 0.15) is 16.9 Å². The lowest BCUT2D eigenvalue weighted by Crippen LogP contribution is -2.04. The average Bonchev–Trinajstić information content (AvgIpc) is 3.34. The summed E-state index contributed by atoms with van der Waals surface area (Å²) in [6, 6.07) is 18.8. The SMILES string of the molecule is Cc1nc2c(ccc3[nH]c(-c4ccc(Br)cc4)c(-c4c(O)c5ccccc5oc4=O)c32)s1. The smallest absolute Gasteiger partial charge is 0.348 e. The van der Waals surface area contributed by atoms with Crippen LogP contribution in [0.15, 0.2) is 74.3 Å². The number of fused-ring (bicyclic) bond motifs is 4. The number of thiazole rings is 1. The Bertz CT molecular complexity index is 1730. The normalized spacial score (nSPS) is 11.7. The molecule has 0 aliphatic rings. The quantitative estimate of drug-likeness (QED) is 0.250. The molecule has 5 nitrogen and oxygen atoms in total. The van der Waals surface area contributed by atoms with Gasteiger partial charge in [-0.3, -0.25) is 0 Å². The highest BCUT2D eigenvalue weighted by atomic mass is 79.9. The van der Waals surface area contributed by atoms with Gasteiger partial charge in [-0.25, -0.2) is 9.78 Å². The first-order chi connectivity index (χ1) is 15.5. The van der Waals surface area contributed by atoms with Crippen molar-refractivity contribution in [2.75, 3.05) is 0 Å². The molecule has 0 atom stereocenters. The molecule has 0 aliphatic heterocycles. The fourth-order valence-corrected chi connectivity index (χ4v) is 5.32. The van der Waals surface area contributed by atoms with Crippen molar-refractivity contribution in [2.24, 2.45) is 0 Å². The number of para-hydroxylation sites is 1. The van der Waals surface area contributed by atoms with Crippen LogP contribution in [0.2, 0.25) is 0 Å². The van der Waals surface area contributed by atoms with Gasteiger partial charge in [-0.15, -0.1) is 11.3 Å². The van der Waals surface area contributed by atoms with Crippen molar-refractivity contribution in [1.29, 1.82) is 0 Å². The molecule has 3 aromatic heterocycles. The molecule has 0 saturated heterocycles. The lowest BCUT2D eigenvalue weighted by atomic mass is 9.97. The molecule has 0 radical (unpaired) electrons. The fourth-order valence-electron chi connectivity index (χ4n) is 4.22. The van der Waals surface area contributed by atoms with Crippen LogP contribution in [0.1, 0.15) is 5.01 Å². The first-order valence-corrected chi connectivity index (χ1v) is 11.5. The largest absolute Gasteiger partial charge is 0.506 e. The van der Waals surface area contributed by atoms with Crippen LogP contribution in [0.5, 0.6) is 5.75 Å². The first kappa shape index (κ1) is 19.3. The summed E-state index contributed by atoms with van der Waals surface area (Å²) >= 11 is 5.07. The van der Waals surface area contributed by atoms with Crippen molar-refractivity contribution < 1.29 is 9.52 Å². The van der Waals surface area contributed by atoms with Crippen LogP contribution in [0.4, 0.5) is 0 Å². The van der Waals surface area contributed by atoms with E-state index in [-0.39, 0.29) is 11.3 Å². The summed E-state index contributed by atoms with van der Waals surface area (Å²) in [6.07, 6.45) is 0. The third kappa shape index (κ3) is 2.82. The summed E-state index contributed by atoms with van der Waals surface area (Å²) in [7, 11) is 0. The predicted molar refractivity (Wildman–Crippen MR) is 132 cm³/mol. The lowest BCUT2D eigenvalue weighted by molar-refractivity contribution is 0.471. The Morgan fingerprint density at radius 2 is 1.81 bits per heavy atom. The monoisotopic (exact) mass is 502 g/mol. The molecule has 0 spiro atoms. The van der Waals surface area contributed by atoms with Crippen LogP contribution in [-0.4, -0.2) is 15.1 Å². The van der Waals surface area contributed by atoms with E-state index in [2.05, 4.69) is 20.9 Å². The van der Waals surface area contributed by atoms with Gasteiger partial charge in [0.25, 0.3) is 0 Å². The molecule has 6 aromatic rings. The number of aromatic nitrogens is 2. The maximum absolute atomic E-state index is 13.2. The second-order valence-corrected chi connectivity index (χ2v) is 9.71. The molecule has 7 heteroatoms. The van der Waals surface area contributed by atoms with Gasteiger partial charge in [0.05, 0.1) is 26.3 Å². The Hall–Kier alpha value is -3.42. The minimum absolute atomic E-state index is 0.0972. The van der Waals surface area contributed by atoms with E-state index < -0.39 is 5.63 Å². The van der Waals surface area contributed by atoms with Gasteiger partial charge in [-0.1, -0.05) is 40.2 Å². The van der Waals surface area contributed by atoms with Gasteiger partial charge in [0, 0.05) is 20.9 Å². The summed E-state index contributed by atoms with van der Waals surface area (Å²) in [5.41, 5.74) is 3.72. The highest BCUT2D eigenvalue weighted by molar-refractivity contribution is 9.10. The summed E-state index contributed by atoms with van der Waals surface area (Å²) in [5.74, 6) is -0.0972. The summed E-state index contributed by atoms with van der Waals surface area (Å²) in [6.45, 7) is 1.96. The van der Waals surface area contributed by atoms with Gasteiger partial charge < -0.3 is 14.5 Å². The van der Waals surface area contributed by atoms with Crippen LogP contribution in [0.3, 0.4) is 0 Å². The van der Waals surface area contributed by atoms with E-state index in [0.29, 0.717) is 16.5 Å². The molecule has 2 N–H and O–H groups in total. The topological polar surface area (TPSA) is 79.1 Å². The number of hydrogen-bond donors (Lipinski definition) is 2. The van der Waals surface area contributed by atoms with Crippen molar-refractivity contribution in [3.05, 3.63) is 80.6 Å². The van der Waals surface area contributed by atoms with Crippen LogP contribution in [-0.2, 0) is 0 Å². The summed E-state index contributed by atoms with van der Waals surface area (Å²) in [5, 5.41) is 13.5. The average molecular weight is 503 g/mol. The zero-order chi connectivity index (χ0) is 22.0. The molecule has 6 rings (SSSR count). The van der Waals surface area contributed by atoms with Crippen LogP contribution < -0.4 is 5.63 Å².